The molecule has 0 spiro atoms. The first-order valence-corrected chi connectivity index (χ1v) is 5.31. The second kappa shape index (κ2) is 5.41. The highest BCUT2D eigenvalue weighted by atomic mass is 16.5. The van der Waals surface area contributed by atoms with Crippen LogP contribution in [0.15, 0.2) is 18.2 Å². The average molecular weight is 203 g/mol. The summed E-state index contributed by atoms with van der Waals surface area (Å²) in [7, 11) is 1.65. The van der Waals surface area contributed by atoms with Crippen molar-refractivity contribution in [2.45, 2.75) is 32.6 Å². The third-order valence-corrected chi connectivity index (χ3v) is 2.62. The Balaban J connectivity index is 3.17. The Kier molecular flexibility index (Phi) is 4.17. The van der Waals surface area contributed by atoms with Gasteiger partial charge in [-0.15, -0.1) is 0 Å². The van der Waals surface area contributed by atoms with E-state index in [-0.39, 0.29) is 0 Å². The number of ether oxygens (including phenoxy) is 1. The molecule has 15 heavy (non-hydrogen) atoms. The fraction of sp³-hybridized carbons (Fsp3) is 0.462. The Morgan fingerprint density at radius 2 is 2.20 bits per heavy atom. The van der Waals surface area contributed by atoms with Crippen molar-refractivity contribution in [1.29, 1.82) is 5.26 Å². The molecule has 2 heteroatoms. The predicted octanol–water partition coefficient (Wildman–Crippen LogP) is 3.47. The average Bonchev–Trinajstić information content (AvgIpc) is 2.28. The summed E-state index contributed by atoms with van der Waals surface area (Å²) in [6.45, 7) is 4.29. The van der Waals surface area contributed by atoms with Gasteiger partial charge < -0.3 is 4.74 Å². The zero-order valence-corrected chi connectivity index (χ0v) is 9.58. The molecule has 0 aromatic heterocycles. The van der Waals surface area contributed by atoms with E-state index < -0.39 is 0 Å². The fourth-order valence-electron chi connectivity index (χ4n) is 1.91. The monoisotopic (exact) mass is 203 g/mol. The largest absolute Gasteiger partial charge is 0.496 e. The van der Waals surface area contributed by atoms with Crippen molar-refractivity contribution in [2.24, 2.45) is 0 Å². The van der Waals surface area contributed by atoms with Crippen LogP contribution in [0.5, 0.6) is 5.75 Å². The lowest BCUT2D eigenvalue weighted by Crippen LogP contribution is -2.00. The van der Waals surface area contributed by atoms with Gasteiger partial charge in [-0.25, -0.2) is 0 Å². The summed E-state index contributed by atoms with van der Waals surface area (Å²) < 4.78 is 5.30. The summed E-state index contributed by atoms with van der Waals surface area (Å²) in [6, 6.07) is 7.86. The second-order valence-corrected chi connectivity index (χ2v) is 3.72. The van der Waals surface area contributed by atoms with Gasteiger partial charge in [0.25, 0.3) is 0 Å². The maximum Gasteiger partial charge on any atom is 0.123 e. The molecule has 0 saturated heterocycles. The molecule has 2 nitrogen and oxygen atoms in total. The van der Waals surface area contributed by atoms with Crippen LogP contribution in [0.2, 0.25) is 0 Å². The van der Waals surface area contributed by atoms with Crippen molar-refractivity contribution in [3.63, 3.8) is 0 Å². The molecule has 1 aromatic carbocycles. The SMILES string of the molecule is CCCC(C)c1c(C#N)cccc1OC. The highest BCUT2D eigenvalue weighted by Gasteiger charge is 2.14. The van der Waals surface area contributed by atoms with Crippen LogP contribution >= 0.6 is 0 Å². The van der Waals surface area contributed by atoms with Crippen LogP contribution < -0.4 is 4.74 Å². The molecule has 1 rings (SSSR count). The Bertz CT molecular complexity index is 365. The molecule has 1 atom stereocenters. The van der Waals surface area contributed by atoms with Gasteiger partial charge in [0.15, 0.2) is 0 Å². The zero-order valence-electron chi connectivity index (χ0n) is 9.58. The smallest absolute Gasteiger partial charge is 0.123 e. The first-order valence-electron chi connectivity index (χ1n) is 5.31. The molecular weight excluding hydrogens is 186 g/mol. The van der Waals surface area contributed by atoms with E-state index in [0.29, 0.717) is 5.92 Å². The lowest BCUT2D eigenvalue weighted by Gasteiger charge is -2.16. The van der Waals surface area contributed by atoms with Crippen LogP contribution in [-0.4, -0.2) is 7.11 Å². The number of nitrogens with zero attached hydrogens (tertiary/aromatic N) is 1. The summed E-state index contributed by atoms with van der Waals surface area (Å²) >= 11 is 0. The quantitative estimate of drug-likeness (QED) is 0.750. The van der Waals surface area contributed by atoms with E-state index in [9.17, 15) is 0 Å². The van der Waals surface area contributed by atoms with Crippen LogP contribution in [0.1, 0.15) is 43.7 Å². The molecule has 0 aliphatic heterocycles. The minimum absolute atomic E-state index is 0.376. The first kappa shape index (κ1) is 11.6. The molecule has 80 valence electrons. The Morgan fingerprint density at radius 3 is 2.73 bits per heavy atom. The van der Waals surface area contributed by atoms with E-state index in [2.05, 4.69) is 19.9 Å². The van der Waals surface area contributed by atoms with E-state index in [1.807, 2.05) is 18.2 Å². The van der Waals surface area contributed by atoms with Crippen molar-refractivity contribution in [2.75, 3.05) is 7.11 Å². The van der Waals surface area contributed by atoms with E-state index >= 15 is 0 Å². The van der Waals surface area contributed by atoms with Gasteiger partial charge in [-0.3, -0.25) is 0 Å². The van der Waals surface area contributed by atoms with Crippen LogP contribution in [0, 0.1) is 11.3 Å². The number of rotatable bonds is 4. The Labute approximate surface area is 91.5 Å². The molecule has 0 amide bonds. The molecule has 0 aliphatic rings. The van der Waals surface area contributed by atoms with Gasteiger partial charge in [-0.2, -0.15) is 5.26 Å². The van der Waals surface area contributed by atoms with Gasteiger partial charge in [0.05, 0.1) is 18.7 Å². The minimum Gasteiger partial charge on any atom is -0.496 e. The Morgan fingerprint density at radius 1 is 1.47 bits per heavy atom. The standard InChI is InChI=1S/C13H17NO/c1-4-6-10(2)13-11(9-14)7-5-8-12(13)15-3/h5,7-8,10H,4,6H2,1-3H3. The van der Waals surface area contributed by atoms with Crippen molar-refractivity contribution in [1.82, 2.24) is 0 Å². The van der Waals surface area contributed by atoms with E-state index in [1.165, 1.54) is 0 Å². The lowest BCUT2D eigenvalue weighted by molar-refractivity contribution is 0.405. The molecule has 0 fully saturated rings. The maximum atomic E-state index is 9.05. The summed E-state index contributed by atoms with van der Waals surface area (Å²) in [5.74, 6) is 1.20. The van der Waals surface area contributed by atoms with Gasteiger partial charge >= 0.3 is 0 Å². The van der Waals surface area contributed by atoms with Crippen molar-refractivity contribution in [3.8, 4) is 11.8 Å². The van der Waals surface area contributed by atoms with Crippen LogP contribution in [0.4, 0.5) is 0 Å². The molecular formula is C13H17NO. The molecule has 1 unspecified atom stereocenters. The van der Waals surface area contributed by atoms with Crippen molar-refractivity contribution in [3.05, 3.63) is 29.3 Å². The normalized spacial score (nSPS) is 11.9. The summed E-state index contributed by atoms with van der Waals surface area (Å²) in [5, 5.41) is 9.05. The Hall–Kier alpha value is -1.49. The molecule has 1 aromatic rings. The minimum atomic E-state index is 0.376. The van der Waals surface area contributed by atoms with Gasteiger partial charge in [-0.1, -0.05) is 26.3 Å². The van der Waals surface area contributed by atoms with Gasteiger partial charge in [0, 0.05) is 5.56 Å². The highest BCUT2D eigenvalue weighted by Crippen LogP contribution is 2.32. The number of methoxy groups -OCH3 is 1. The zero-order chi connectivity index (χ0) is 11.3. The van der Waals surface area contributed by atoms with Crippen molar-refractivity contribution < 1.29 is 4.74 Å². The van der Waals surface area contributed by atoms with Crippen molar-refractivity contribution >= 4 is 0 Å². The molecule has 0 bridgehead atoms. The molecule has 0 radical (unpaired) electrons. The first-order chi connectivity index (χ1) is 7.24. The number of hydrogen-bond acceptors (Lipinski definition) is 2. The summed E-state index contributed by atoms with van der Waals surface area (Å²) in [5.41, 5.74) is 1.78. The molecule has 0 aliphatic carbocycles. The van der Waals surface area contributed by atoms with Crippen LogP contribution in [0.25, 0.3) is 0 Å². The maximum absolute atomic E-state index is 9.05. The van der Waals surface area contributed by atoms with Gasteiger partial charge in [0.2, 0.25) is 0 Å². The van der Waals surface area contributed by atoms with E-state index in [1.54, 1.807) is 7.11 Å². The highest BCUT2D eigenvalue weighted by molar-refractivity contribution is 5.48. The third-order valence-electron chi connectivity index (χ3n) is 2.62. The number of hydrogen-bond donors (Lipinski definition) is 0. The van der Waals surface area contributed by atoms with Crippen LogP contribution in [-0.2, 0) is 0 Å². The second-order valence-electron chi connectivity index (χ2n) is 3.72. The van der Waals surface area contributed by atoms with E-state index in [4.69, 9.17) is 10.00 Å². The molecule has 0 saturated carbocycles. The summed E-state index contributed by atoms with van der Waals surface area (Å²) in [4.78, 5) is 0. The fourth-order valence-corrected chi connectivity index (χ4v) is 1.91. The topological polar surface area (TPSA) is 33.0 Å². The van der Waals surface area contributed by atoms with E-state index in [0.717, 1.165) is 29.7 Å². The van der Waals surface area contributed by atoms with Gasteiger partial charge in [-0.05, 0) is 24.5 Å². The predicted molar refractivity (Wildman–Crippen MR) is 61.0 cm³/mol. The molecule has 0 heterocycles. The van der Waals surface area contributed by atoms with Crippen LogP contribution in [0.3, 0.4) is 0 Å². The number of nitriles is 1. The third kappa shape index (κ3) is 2.50. The lowest BCUT2D eigenvalue weighted by atomic mass is 9.92. The number of benzene rings is 1. The summed E-state index contributed by atoms with van der Waals surface area (Å²) in [6.07, 6.45) is 2.19. The molecule has 0 N–H and O–H groups in total. The van der Waals surface area contributed by atoms with Gasteiger partial charge in [0.1, 0.15) is 5.75 Å².